The Hall–Kier alpha value is 0.649. The van der Waals surface area contributed by atoms with Gasteiger partial charge in [0.05, 0.1) is 0 Å². The standard InChI is InChI=1S/C2H2B10/c3-1-4-10-6-2(5-9-3)8-12-11-7-1/h1-2H. The average Bonchev–Trinajstić information content (AvgIpc) is 2.18. The van der Waals surface area contributed by atoms with Gasteiger partial charge in [0.15, 0.2) is 0 Å². The molecular formula is C2H2B10. The molecule has 40 valence electrons. The van der Waals surface area contributed by atoms with Crippen molar-refractivity contribution in [3.8, 4) is 0 Å². The van der Waals surface area contributed by atoms with Gasteiger partial charge >= 0.3 is 0 Å². The summed E-state index contributed by atoms with van der Waals surface area (Å²) in [5.41, 5.74) is 0.919. The number of rotatable bonds is 0. The highest BCUT2D eigenvalue weighted by Crippen LogP contribution is 2.05. The molecule has 3 heterocycles. The Labute approximate surface area is 82.8 Å². The molecule has 2 bridgehead atoms. The maximum absolute atomic E-state index is 2.21. The molecule has 0 spiro atoms. The lowest BCUT2D eigenvalue weighted by atomic mass is 8.93. The minimum Gasteiger partial charge on any atom is -0.144 e. The maximum Gasteiger partial charge on any atom is 0.0382 e. The zero-order valence-electron chi connectivity index (χ0n) is 6.93. The van der Waals surface area contributed by atoms with Crippen LogP contribution in [0.4, 0.5) is 0 Å². The van der Waals surface area contributed by atoms with Crippen LogP contribution in [0, 0.1) is 0 Å². The first-order valence-corrected chi connectivity index (χ1v) is 4.33. The van der Waals surface area contributed by atoms with Crippen molar-refractivity contribution >= 4 is 71.3 Å². The normalized spacial score (nSPS) is 31.3. The molecule has 0 saturated carbocycles. The van der Waals surface area contributed by atoms with Gasteiger partial charge in [-0.2, -0.15) is 0 Å². The van der Waals surface area contributed by atoms with Crippen LogP contribution < -0.4 is 0 Å². The molecular weight excluding hydrogens is 132 g/mol. The highest BCUT2D eigenvalue weighted by Gasteiger charge is 2.21. The Bertz CT molecular complexity index is 106. The molecule has 0 atom stereocenters. The van der Waals surface area contributed by atoms with Crippen LogP contribution in [-0.2, 0) is 0 Å². The molecule has 3 saturated heterocycles. The van der Waals surface area contributed by atoms with E-state index in [0.717, 1.165) is 0 Å². The smallest absolute Gasteiger partial charge is 0.0382 e. The summed E-state index contributed by atoms with van der Waals surface area (Å²) in [7, 11) is 21.7. The topological polar surface area (TPSA) is 0 Å². The Morgan fingerprint density at radius 1 is 0.417 bits per heavy atom. The predicted molar refractivity (Wildman–Crippen MR) is 65.0 cm³/mol. The monoisotopic (exact) mass is 136 g/mol. The quantitative estimate of drug-likeness (QED) is 0.307. The van der Waals surface area contributed by atoms with E-state index in [1.807, 2.05) is 0 Å². The molecule has 0 aliphatic carbocycles. The SMILES string of the molecule is [B]1[B][B]C2[B][B][B]C([B]1)[B][B][B]2. The molecule has 3 fully saturated rings. The third kappa shape index (κ3) is 2.57. The second-order valence-corrected chi connectivity index (χ2v) is 3.08. The molecule has 0 aromatic heterocycles. The van der Waals surface area contributed by atoms with Gasteiger partial charge in [0.1, 0.15) is 0 Å². The van der Waals surface area contributed by atoms with Crippen molar-refractivity contribution in [1.29, 1.82) is 0 Å². The van der Waals surface area contributed by atoms with Crippen molar-refractivity contribution in [3.63, 3.8) is 0 Å². The Kier molecular flexibility index (Phi) is 3.66. The zero-order chi connectivity index (χ0) is 8.23. The maximum atomic E-state index is 2.21. The lowest BCUT2D eigenvalue weighted by Gasteiger charge is -2.18. The number of hydrogen-bond donors (Lipinski definition) is 0. The molecule has 12 heavy (non-hydrogen) atoms. The van der Waals surface area contributed by atoms with E-state index in [9.17, 15) is 0 Å². The van der Waals surface area contributed by atoms with Gasteiger partial charge in [-0.1, -0.05) is 0 Å². The fourth-order valence-electron chi connectivity index (χ4n) is 1.41. The largest absolute Gasteiger partial charge is 0.144 e. The molecule has 0 amide bonds. The van der Waals surface area contributed by atoms with Gasteiger partial charge in [-0.3, -0.25) is 0 Å². The Morgan fingerprint density at radius 2 is 0.750 bits per heavy atom. The summed E-state index contributed by atoms with van der Waals surface area (Å²) in [5, 5.41) is 0. The molecule has 0 unspecified atom stereocenters. The highest BCUT2D eigenvalue weighted by atomic mass is 13.5. The Morgan fingerprint density at radius 3 is 1.17 bits per heavy atom. The van der Waals surface area contributed by atoms with E-state index in [4.69, 9.17) is 0 Å². The van der Waals surface area contributed by atoms with Gasteiger partial charge in [0.2, 0.25) is 0 Å². The summed E-state index contributed by atoms with van der Waals surface area (Å²) in [6.07, 6.45) is 0. The fraction of sp³-hybridized carbons (Fsp3) is 1.00. The summed E-state index contributed by atoms with van der Waals surface area (Å²) in [6, 6.07) is 0. The molecule has 3 rings (SSSR count). The molecule has 3 aliphatic heterocycles. The van der Waals surface area contributed by atoms with Crippen LogP contribution in [-0.4, -0.2) is 71.3 Å². The molecule has 10 heteroatoms. The molecule has 10 radical (unpaired) electrons. The van der Waals surface area contributed by atoms with E-state index in [2.05, 4.69) is 71.3 Å². The first-order valence-electron chi connectivity index (χ1n) is 4.33. The van der Waals surface area contributed by atoms with Gasteiger partial charge in [-0.15, -0.1) is 11.2 Å². The lowest BCUT2D eigenvalue weighted by Crippen LogP contribution is -2.38. The third-order valence-corrected chi connectivity index (χ3v) is 2.11. The van der Waals surface area contributed by atoms with E-state index in [-0.39, 0.29) is 0 Å². The van der Waals surface area contributed by atoms with Crippen LogP contribution in [0.3, 0.4) is 0 Å². The Balaban J connectivity index is 1.96. The van der Waals surface area contributed by atoms with Crippen LogP contribution in [0.1, 0.15) is 0 Å². The third-order valence-electron chi connectivity index (χ3n) is 2.11. The van der Waals surface area contributed by atoms with Crippen molar-refractivity contribution in [1.82, 2.24) is 0 Å². The lowest BCUT2D eigenvalue weighted by molar-refractivity contribution is 1.84. The van der Waals surface area contributed by atoms with Crippen molar-refractivity contribution in [2.24, 2.45) is 0 Å². The summed E-state index contributed by atoms with van der Waals surface area (Å²) >= 11 is 0. The number of fused-ring (bicyclic) bond motifs is 7. The second kappa shape index (κ2) is 4.77. The van der Waals surface area contributed by atoms with Gasteiger partial charge in [0.25, 0.3) is 0 Å². The van der Waals surface area contributed by atoms with Gasteiger partial charge in [-0.05, 0) is 0 Å². The highest BCUT2D eigenvalue weighted by molar-refractivity contribution is 7.55. The number of hydrogen-bond acceptors (Lipinski definition) is 0. The average molecular weight is 134 g/mol. The minimum atomic E-state index is 0.459. The predicted octanol–water partition coefficient (Wildman–Crippen LogP) is -3.13. The molecule has 3 aliphatic rings. The van der Waals surface area contributed by atoms with Crippen molar-refractivity contribution in [2.75, 3.05) is 0 Å². The van der Waals surface area contributed by atoms with Crippen molar-refractivity contribution < 1.29 is 0 Å². The summed E-state index contributed by atoms with van der Waals surface area (Å²) in [4.78, 5) is 0. The van der Waals surface area contributed by atoms with E-state index in [1.54, 1.807) is 0 Å². The molecule has 0 N–H and O–H groups in total. The van der Waals surface area contributed by atoms with Crippen LogP contribution in [0.25, 0.3) is 0 Å². The first kappa shape index (κ1) is 9.21. The van der Waals surface area contributed by atoms with Crippen LogP contribution in [0.2, 0.25) is 11.2 Å². The summed E-state index contributed by atoms with van der Waals surface area (Å²) in [6.45, 7) is 0. The van der Waals surface area contributed by atoms with Crippen LogP contribution >= 0.6 is 0 Å². The molecule has 0 aromatic rings. The van der Waals surface area contributed by atoms with Crippen molar-refractivity contribution in [3.05, 3.63) is 0 Å². The van der Waals surface area contributed by atoms with Crippen LogP contribution in [0.5, 0.6) is 0 Å². The second-order valence-electron chi connectivity index (χ2n) is 3.08. The van der Waals surface area contributed by atoms with Gasteiger partial charge in [-0.25, -0.2) is 0 Å². The summed E-state index contributed by atoms with van der Waals surface area (Å²) < 4.78 is 0. The molecule has 0 aromatic carbocycles. The first-order chi connectivity index (χ1) is 5.95. The van der Waals surface area contributed by atoms with Gasteiger partial charge in [0, 0.05) is 71.3 Å². The van der Waals surface area contributed by atoms with Crippen LogP contribution in [0.15, 0.2) is 0 Å². The van der Waals surface area contributed by atoms with Crippen molar-refractivity contribution in [2.45, 2.75) is 11.2 Å². The fourth-order valence-corrected chi connectivity index (χ4v) is 1.41. The summed E-state index contributed by atoms with van der Waals surface area (Å²) in [5.74, 6) is 0. The van der Waals surface area contributed by atoms with E-state index >= 15 is 0 Å². The zero-order valence-corrected chi connectivity index (χ0v) is 6.93. The minimum absolute atomic E-state index is 0.459. The van der Waals surface area contributed by atoms with E-state index in [1.165, 1.54) is 0 Å². The molecule has 0 nitrogen and oxygen atoms in total. The van der Waals surface area contributed by atoms with Gasteiger partial charge < -0.3 is 0 Å². The van der Waals surface area contributed by atoms with E-state index in [0.29, 0.717) is 11.2 Å². The van der Waals surface area contributed by atoms with E-state index < -0.39 is 0 Å².